The molecule has 3 aromatic carbocycles. The zero-order chi connectivity index (χ0) is 32.3. The highest BCUT2D eigenvalue weighted by molar-refractivity contribution is 7.92. The van der Waals surface area contributed by atoms with Crippen LogP contribution in [0.1, 0.15) is 33.6 Å². The summed E-state index contributed by atoms with van der Waals surface area (Å²) in [7, 11) is -3.18. The minimum atomic E-state index is -4.52. The maximum Gasteiger partial charge on any atom is 0.273 e. The average Bonchev–Trinajstić information content (AvgIpc) is 3.23. The third kappa shape index (κ3) is 6.76. The molecule has 0 saturated carbocycles. The molecule has 44 heavy (non-hydrogen) atoms. The fraction of sp³-hybridized carbons (Fsp3) is 0.226. The highest BCUT2D eigenvalue weighted by atomic mass is 35.5. The van der Waals surface area contributed by atoms with E-state index < -0.39 is 27.4 Å². The van der Waals surface area contributed by atoms with Crippen LogP contribution in [0.2, 0.25) is 5.02 Å². The number of nitro groups is 1. The number of aromatic nitrogens is 1. The molecule has 11 nitrogen and oxygen atoms in total. The van der Waals surface area contributed by atoms with Gasteiger partial charge in [0, 0.05) is 39.3 Å². The first-order valence-corrected chi connectivity index (χ1v) is 15.3. The quantitative estimate of drug-likeness (QED) is 0.130. The van der Waals surface area contributed by atoms with Gasteiger partial charge in [0.05, 0.1) is 28.8 Å². The maximum atomic E-state index is 13.9. The van der Waals surface area contributed by atoms with Crippen LogP contribution in [0.15, 0.2) is 70.7 Å². The molecule has 1 aromatic heterocycles. The third-order valence-electron chi connectivity index (χ3n) is 6.99. The lowest BCUT2D eigenvalue weighted by molar-refractivity contribution is -0.385. The number of nitro benzene ring substituents is 1. The van der Waals surface area contributed by atoms with Crippen molar-refractivity contribution in [1.82, 2.24) is 9.99 Å². The van der Waals surface area contributed by atoms with Gasteiger partial charge in [-0.1, -0.05) is 23.7 Å². The summed E-state index contributed by atoms with van der Waals surface area (Å²) >= 11 is 6.19. The second-order valence-electron chi connectivity index (χ2n) is 10.3. The van der Waals surface area contributed by atoms with Crippen LogP contribution < -0.4 is 14.5 Å². The smallest absolute Gasteiger partial charge is 0.273 e. The van der Waals surface area contributed by atoms with E-state index in [0.717, 1.165) is 44.1 Å². The van der Waals surface area contributed by atoms with Crippen LogP contribution in [0, 0.1) is 44.7 Å². The molecule has 0 bridgehead atoms. The number of carbonyl (C=O) groups is 1. The van der Waals surface area contributed by atoms with Crippen LogP contribution >= 0.6 is 11.6 Å². The molecule has 0 unspecified atom stereocenters. The number of nitrogens with one attached hydrogen (secondary N) is 1. The van der Waals surface area contributed by atoms with Crippen LogP contribution in [-0.4, -0.2) is 43.7 Å². The summed E-state index contributed by atoms with van der Waals surface area (Å²) < 4.78 is 36.0. The Balaban J connectivity index is 1.65. The van der Waals surface area contributed by atoms with E-state index >= 15 is 0 Å². The van der Waals surface area contributed by atoms with E-state index in [1.807, 2.05) is 33.8 Å². The molecule has 230 valence electrons. The molecule has 1 amide bonds. The topological polar surface area (TPSA) is 136 Å². The average molecular weight is 638 g/mol. The number of benzene rings is 3. The van der Waals surface area contributed by atoms with E-state index in [2.05, 4.69) is 33.3 Å². The fourth-order valence-electron chi connectivity index (χ4n) is 4.97. The number of amides is 1. The first-order chi connectivity index (χ1) is 20.7. The number of hydrogen-bond donors (Lipinski definition) is 1. The lowest BCUT2D eigenvalue weighted by Gasteiger charge is -2.25. The van der Waals surface area contributed by atoms with Gasteiger partial charge < -0.3 is 9.30 Å². The van der Waals surface area contributed by atoms with Gasteiger partial charge in [0.25, 0.3) is 21.6 Å². The lowest BCUT2D eigenvalue weighted by Crippen LogP contribution is -2.39. The SMILES string of the molecule is COc1ccc(Cl)cc1N(CC(=O)N/N=C\c1cc(C)n(-c2cc(C)cc(C)c2)c1C)S(=O)(=O)c1ccc(C)c([N+](=O)[O-])c1. The Kier molecular flexibility index (Phi) is 9.45. The zero-order valence-corrected chi connectivity index (χ0v) is 26.7. The number of halogens is 1. The number of anilines is 1. The molecular formula is C31H32ClN5O6S. The summed E-state index contributed by atoms with van der Waals surface area (Å²) in [6.45, 7) is 8.75. The Bertz CT molecular complexity index is 1880. The van der Waals surface area contributed by atoms with Gasteiger partial charge in [-0.3, -0.25) is 19.2 Å². The number of carbonyl (C=O) groups excluding carboxylic acids is 1. The first-order valence-electron chi connectivity index (χ1n) is 13.4. The predicted molar refractivity (Wildman–Crippen MR) is 171 cm³/mol. The largest absolute Gasteiger partial charge is 0.495 e. The normalized spacial score (nSPS) is 11.5. The van der Waals surface area contributed by atoms with E-state index in [0.29, 0.717) is 0 Å². The summed E-state index contributed by atoms with van der Waals surface area (Å²) in [5, 5.41) is 15.8. The van der Waals surface area contributed by atoms with Gasteiger partial charge in [0.15, 0.2) is 0 Å². The molecule has 4 aromatic rings. The number of rotatable bonds is 10. The van der Waals surface area contributed by atoms with Crippen molar-refractivity contribution in [3.63, 3.8) is 0 Å². The molecule has 0 aliphatic heterocycles. The Morgan fingerprint density at radius 1 is 1.05 bits per heavy atom. The Morgan fingerprint density at radius 3 is 2.36 bits per heavy atom. The number of nitrogens with zero attached hydrogens (tertiary/aromatic N) is 4. The lowest BCUT2D eigenvalue weighted by atomic mass is 10.1. The zero-order valence-electron chi connectivity index (χ0n) is 25.1. The van der Waals surface area contributed by atoms with E-state index in [1.54, 1.807) is 0 Å². The van der Waals surface area contributed by atoms with Crippen molar-refractivity contribution in [2.24, 2.45) is 5.10 Å². The Hall–Kier alpha value is -4.68. The second-order valence-corrected chi connectivity index (χ2v) is 12.6. The van der Waals surface area contributed by atoms with Crippen molar-refractivity contribution in [3.8, 4) is 11.4 Å². The van der Waals surface area contributed by atoms with Crippen molar-refractivity contribution in [2.75, 3.05) is 18.0 Å². The van der Waals surface area contributed by atoms with E-state index in [4.69, 9.17) is 16.3 Å². The third-order valence-corrected chi connectivity index (χ3v) is 8.98. The molecule has 0 atom stereocenters. The minimum Gasteiger partial charge on any atom is -0.495 e. The number of hydrogen-bond acceptors (Lipinski definition) is 7. The highest BCUT2D eigenvalue weighted by Crippen LogP contribution is 2.35. The summed E-state index contributed by atoms with van der Waals surface area (Å²) in [6, 6.07) is 16.0. The van der Waals surface area contributed by atoms with Gasteiger partial charge in [-0.15, -0.1) is 0 Å². The second kappa shape index (κ2) is 12.9. The van der Waals surface area contributed by atoms with Gasteiger partial charge in [-0.05, 0) is 88.2 Å². The van der Waals surface area contributed by atoms with Crippen LogP contribution in [0.4, 0.5) is 11.4 Å². The van der Waals surface area contributed by atoms with Crippen LogP contribution in [0.5, 0.6) is 5.75 Å². The molecule has 1 heterocycles. The van der Waals surface area contributed by atoms with Crippen molar-refractivity contribution in [2.45, 2.75) is 39.5 Å². The number of sulfonamides is 1. The molecule has 0 saturated heterocycles. The summed E-state index contributed by atoms with van der Waals surface area (Å²) in [5.41, 5.74) is 8.17. The Morgan fingerprint density at radius 2 is 1.73 bits per heavy atom. The molecule has 0 spiro atoms. The molecule has 0 aliphatic carbocycles. The first kappa shape index (κ1) is 32.2. The van der Waals surface area contributed by atoms with Crippen molar-refractivity contribution in [3.05, 3.63) is 109 Å². The van der Waals surface area contributed by atoms with Gasteiger partial charge >= 0.3 is 0 Å². The summed E-state index contributed by atoms with van der Waals surface area (Å²) in [5.74, 6) is -0.647. The van der Waals surface area contributed by atoms with Gasteiger partial charge in [0.2, 0.25) is 0 Å². The van der Waals surface area contributed by atoms with Gasteiger partial charge in [0.1, 0.15) is 12.3 Å². The number of ether oxygens (including phenoxy) is 1. The molecular weight excluding hydrogens is 606 g/mol. The number of aryl methyl sites for hydroxylation is 4. The Labute approximate surface area is 260 Å². The highest BCUT2D eigenvalue weighted by Gasteiger charge is 2.31. The number of hydrazone groups is 1. The van der Waals surface area contributed by atoms with E-state index in [9.17, 15) is 23.3 Å². The summed E-state index contributed by atoms with van der Waals surface area (Å²) in [6.07, 6.45) is 1.49. The molecule has 13 heteroatoms. The monoisotopic (exact) mass is 637 g/mol. The molecule has 0 radical (unpaired) electrons. The van der Waals surface area contributed by atoms with E-state index in [1.165, 1.54) is 50.6 Å². The van der Waals surface area contributed by atoms with Gasteiger partial charge in [-0.2, -0.15) is 5.10 Å². The van der Waals surface area contributed by atoms with E-state index in [-0.39, 0.29) is 32.6 Å². The maximum absolute atomic E-state index is 13.9. The molecule has 4 rings (SSSR count). The fourth-order valence-corrected chi connectivity index (χ4v) is 6.58. The van der Waals surface area contributed by atoms with Crippen molar-refractivity contribution >= 4 is 45.1 Å². The van der Waals surface area contributed by atoms with Crippen molar-refractivity contribution in [1.29, 1.82) is 0 Å². The number of methoxy groups -OCH3 is 1. The van der Waals surface area contributed by atoms with Gasteiger partial charge in [-0.25, -0.2) is 13.8 Å². The van der Waals surface area contributed by atoms with Crippen LogP contribution in [-0.2, 0) is 14.8 Å². The molecule has 0 aliphatic rings. The predicted octanol–water partition coefficient (Wildman–Crippen LogP) is 5.94. The summed E-state index contributed by atoms with van der Waals surface area (Å²) in [4.78, 5) is 23.6. The standard InChI is InChI=1S/C31H32ClN5O6S/c1-19-11-20(2)13-26(12-19)36-22(4)14-24(23(36)5)17-33-34-31(38)18-35(29-15-25(32)8-10-30(29)43-6)44(41,42)27-9-7-21(3)28(16-27)37(39)40/h7-17H,18H2,1-6H3,(H,34,38)/b33-17-. The van der Waals surface area contributed by atoms with Crippen molar-refractivity contribution < 1.29 is 22.9 Å². The molecule has 0 fully saturated rings. The molecule has 1 N–H and O–H groups in total. The minimum absolute atomic E-state index is 0.0284. The van der Waals surface area contributed by atoms with Crippen LogP contribution in [0.25, 0.3) is 5.69 Å². The van der Waals surface area contributed by atoms with Crippen LogP contribution in [0.3, 0.4) is 0 Å².